The van der Waals surface area contributed by atoms with E-state index in [1.807, 2.05) is 0 Å². The smallest absolute Gasteiger partial charge is 0.324 e. The van der Waals surface area contributed by atoms with Crippen LogP contribution in [0.4, 0.5) is 5.00 Å². The van der Waals surface area contributed by atoms with Gasteiger partial charge >= 0.3 is 5.00 Å². The van der Waals surface area contributed by atoms with Crippen molar-refractivity contribution in [2.24, 2.45) is 0 Å². The number of rotatable bonds is 7. The monoisotopic (exact) mass is 246 g/mol. The molecule has 1 heterocycles. The molecule has 0 radical (unpaired) electrons. The molecule has 0 amide bonds. The third-order valence-electron chi connectivity index (χ3n) is 1.99. The number of hydrogen-bond acceptors (Lipinski definition) is 6. The second kappa shape index (κ2) is 6.54. The molecule has 16 heavy (non-hydrogen) atoms. The molecule has 0 bridgehead atoms. The van der Waals surface area contributed by atoms with Gasteiger partial charge in [0.15, 0.2) is 6.29 Å². The van der Waals surface area contributed by atoms with E-state index in [1.54, 1.807) is 25.7 Å². The molecule has 1 aromatic rings. The summed E-state index contributed by atoms with van der Waals surface area (Å²) in [4.78, 5) is 10.1. The zero-order chi connectivity index (χ0) is 12.0. The zero-order valence-electron chi connectivity index (χ0n) is 9.13. The molecule has 0 aliphatic rings. The van der Waals surface area contributed by atoms with Gasteiger partial charge in [0.05, 0.1) is 4.92 Å². The van der Waals surface area contributed by atoms with E-state index in [-0.39, 0.29) is 16.2 Å². The second-order valence-electron chi connectivity index (χ2n) is 3.08. The maximum absolute atomic E-state index is 10.4. The van der Waals surface area contributed by atoms with Gasteiger partial charge in [0.25, 0.3) is 0 Å². The average molecular weight is 246 g/mol. The van der Waals surface area contributed by atoms with Gasteiger partial charge in [0.1, 0.15) is 0 Å². The Bertz CT molecular complexity index is 338. The van der Waals surface area contributed by atoms with Crippen molar-refractivity contribution < 1.29 is 14.4 Å². The summed E-state index contributed by atoms with van der Waals surface area (Å²) >= 11 is 1.13. The van der Waals surface area contributed by atoms with Crippen LogP contribution in [0.5, 0.6) is 0 Å². The van der Waals surface area contributed by atoms with Crippen molar-refractivity contribution in [2.75, 3.05) is 20.8 Å². The Morgan fingerprint density at radius 1 is 1.56 bits per heavy atom. The number of thiophene rings is 1. The molecule has 7 heteroatoms. The van der Waals surface area contributed by atoms with E-state index in [0.717, 1.165) is 16.9 Å². The fourth-order valence-electron chi connectivity index (χ4n) is 1.15. The van der Waals surface area contributed by atoms with Crippen molar-refractivity contribution in [3.8, 4) is 0 Å². The predicted molar refractivity (Wildman–Crippen MR) is 60.5 cm³/mol. The number of nitro groups is 1. The van der Waals surface area contributed by atoms with E-state index in [0.29, 0.717) is 13.1 Å². The normalized spacial score (nSPS) is 10.9. The summed E-state index contributed by atoms with van der Waals surface area (Å²) in [6.07, 6.45) is -0.298. The lowest BCUT2D eigenvalue weighted by Crippen LogP contribution is -2.29. The first-order chi connectivity index (χ1) is 7.67. The lowest BCUT2D eigenvalue weighted by atomic mass is 10.3. The molecule has 0 aliphatic carbocycles. The van der Waals surface area contributed by atoms with Crippen LogP contribution in [0.1, 0.15) is 5.56 Å². The van der Waals surface area contributed by atoms with Crippen LogP contribution in [0, 0.1) is 10.1 Å². The van der Waals surface area contributed by atoms with Gasteiger partial charge in [-0.15, -0.1) is 0 Å². The van der Waals surface area contributed by atoms with Gasteiger partial charge in [-0.25, -0.2) is 0 Å². The molecule has 0 aliphatic heterocycles. The highest BCUT2D eigenvalue weighted by molar-refractivity contribution is 7.13. The number of methoxy groups -OCH3 is 2. The Labute approximate surface area is 97.3 Å². The quantitative estimate of drug-likeness (QED) is 0.447. The first-order valence-electron chi connectivity index (χ1n) is 4.65. The largest absolute Gasteiger partial charge is 0.355 e. The van der Waals surface area contributed by atoms with E-state index in [2.05, 4.69) is 5.32 Å². The molecule has 6 nitrogen and oxygen atoms in total. The van der Waals surface area contributed by atoms with Gasteiger partial charge in [-0.05, 0) is 5.56 Å². The van der Waals surface area contributed by atoms with Crippen LogP contribution in [-0.2, 0) is 16.0 Å². The maximum atomic E-state index is 10.4. The van der Waals surface area contributed by atoms with Gasteiger partial charge in [0.2, 0.25) is 0 Å². The average Bonchev–Trinajstić information content (AvgIpc) is 2.73. The fraction of sp³-hybridized carbons (Fsp3) is 0.556. The summed E-state index contributed by atoms with van der Waals surface area (Å²) in [7, 11) is 3.12. The van der Waals surface area contributed by atoms with Gasteiger partial charge in [0, 0.05) is 38.8 Å². The molecule has 0 saturated heterocycles. The summed E-state index contributed by atoms with van der Waals surface area (Å²) < 4.78 is 9.98. The van der Waals surface area contributed by atoms with Gasteiger partial charge < -0.3 is 14.8 Å². The molecule has 0 fully saturated rings. The minimum atomic E-state index is -0.388. The topological polar surface area (TPSA) is 73.6 Å². The standard InChI is InChI=1S/C9H14N2O4S/c1-14-9(15-2)5-10-4-7-3-8(11(12)13)16-6-7/h3,6,9-10H,4-5H2,1-2H3. The maximum Gasteiger partial charge on any atom is 0.324 e. The Balaban J connectivity index is 2.34. The van der Waals surface area contributed by atoms with Crippen LogP contribution in [0.15, 0.2) is 11.4 Å². The number of hydrogen-bond donors (Lipinski definition) is 1. The molecule has 0 spiro atoms. The van der Waals surface area contributed by atoms with Crippen molar-refractivity contribution in [1.29, 1.82) is 0 Å². The molecular formula is C9H14N2O4S. The summed E-state index contributed by atoms with van der Waals surface area (Å²) in [6, 6.07) is 1.56. The van der Waals surface area contributed by atoms with Crippen molar-refractivity contribution >= 4 is 16.3 Å². The molecule has 1 N–H and O–H groups in total. The van der Waals surface area contributed by atoms with Crippen molar-refractivity contribution in [3.63, 3.8) is 0 Å². The van der Waals surface area contributed by atoms with Gasteiger partial charge in [-0.3, -0.25) is 10.1 Å². The van der Waals surface area contributed by atoms with Crippen molar-refractivity contribution in [3.05, 3.63) is 27.1 Å². The molecule has 1 aromatic heterocycles. The van der Waals surface area contributed by atoms with Gasteiger partial charge in [-0.2, -0.15) is 0 Å². The third kappa shape index (κ3) is 3.86. The zero-order valence-corrected chi connectivity index (χ0v) is 9.95. The lowest BCUT2D eigenvalue weighted by molar-refractivity contribution is -0.380. The second-order valence-corrected chi connectivity index (χ2v) is 3.97. The third-order valence-corrected chi connectivity index (χ3v) is 2.91. The van der Waals surface area contributed by atoms with E-state index < -0.39 is 0 Å². The molecule has 0 unspecified atom stereocenters. The summed E-state index contributed by atoms with van der Waals surface area (Å²) in [6.45, 7) is 1.10. The minimum absolute atomic E-state index is 0.159. The number of ether oxygens (including phenoxy) is 2. The minimum Gasteiger partial charge on any atom is -0.355 e. The molecule has 1 rings (SSSR count). The van der Waals surface area contributed by atoms with E-state index in [9.17, 15) is 10.1 Å². The van der Waals surface area contributed by atoms with Crippen molar-refractivity contribution in [2.45, 2.75) is 12.8 Å². The SMILES string of the molecule is COC(CNCc1csc([N+](=O)[O-])c1)OC. The fourth-order valence-corrected chi connectivity index (χ4v) is 1.88. The first-order valence-corrected chi connectivity index (χ1v) is 5.53. The summed E-state index contributed by atoms with van der Waals surface area (Å²) in [5, 5.41) is 15.5. The van der Waals surface area contributed by atoms with Crippen LogP contribution in [0.2, 0.25) is 0 Å². The Morgan fingerprint density at radius 2 is 2.25 bits per heavy atom. The highest BCUT2D eigenvalue weighted by Crippen LogP contribution is 2.22. The number of nitrogens with zero attached hydrogens (tertiary/aromatic N) is 1. The Morgan fingerprint density at radius 3 is 2.75 bits per heavy atom. The van der Waals surface area contributed by atoms with Gasteiger partial charge in [-0.1, -0.05) is 11.3 Å². The highest BCUT2D eigenvalue weighted by Gasteiger charge is 2.10. The van der Waals surface area contributed by atoms with Crippen LogP contribution < -0.4 is 5.32 Å². The lowest BCUT2D eigenvalue weighted by Gasteiger charge is -2.13. The van der Waals surface area contributed by atoms with E-state index in [1.165, 1.54) is 0 Å². The van der Waals surface area contributed by atoms with Crippen LogP contribution in [0.25, 0.3) is 0 Å². The molecule has 90 valence electrons. The van der Waals surface area contributed by atoms with Crippen molar-refractivity contribution in [1.82, 2.24) is 5.32 Å². The highest BCUT2D eigenvalue weighted by atomic mass is 32.1. The molecule has 0 aromatic carbocycles. The van der Waals surface area contributed by atoms with E-state index in [4.69, 9.17) is 9.47 Å². The van der Waals surface area contributed by atoms with Crippen LogP contribution in [0.3, 0.4) is 0 Å². The molecular weight excluding hydrogens is 232 g/mol. The Kier molecular flexibility index (Phi) is 5.33. The Hall–Kier alpha value is -1.02. The van der Waals surface area contributed by atoms with E-state index >= 15 is 0 Å². The summed E-state index contributed by atoms with van der Waals surface area (Å²) in [5.41, 5.74) is 0.891. The first kappa shape index (κ1) is 13.0. The molecule has 0 atom stereocenters. The molecule has 0 saturated carbocycles. The number of nitrogens with one attached hydrogen (secondary N) is 1. The van der Waals surface area contributed by atoms with Crippen LogP contribution in [-0.4, -0.2) is 32.0 Å². The van der Waals surface area contributed by atoms with Crippen LogP contribution >= 0.6 is 11.3 Å². The summed E-state index contributed by atoms with van der Waals surface area (Å²) in [5.74, 6) is 0. The predicted octanol–water partition coefficient (Wildman–Crippen LogP) is 1.36.